The van der Waals surface area contributed by atoms with Crippen molar-refractivity contribution in [3.63, 3.8) is 0 Å². The Labute approximate surface area is 178 Å². The van der Waals surface area contributed by atoms with Crippen LogP contribution in [0.25, 0.3) is 5.69 Å². The predicted molar refractivity (Wildman–Crippen MR) is 102 cm³/mol. The van der Waals surface area contributed by atoms with Gasteiger partial charge in [-0.3, -0.25) is 4.79 Å². The number of nitrogens with zero attached hydrogens (tertiary/aromatic N) is 3. The van der Waals surface area contributed by atoms with Gasteiger partial charge >= 0.3 is 0 Å². The summed E-state index contributed by atoms with van der Waals surface area (Å²) in [6, 6.07) is 4.83. The Bertz CT molecular complexity index is 1250. The van der Waals surface area contributed by atoms with Crippen molar-refractivity contribution in [2.24, 2.45) is 0 Å². The Hall–Kier alpha value is -2.27. The maximum absolute atomic E-state index is 14.0. The van der Waals surface area contributed by atoms with Crippen LogP contribution in [0.15, 0.2) is 35.2 Å². The van der Waals surface area contributed by atoms with Gasteiger partial charge in [-0.15, -0.1) is 5.10 Å². The monoisotopic (exact) mass is 480 g/mol. The van der Waals surface area contributed by atoms with E-state index >= 15 is 0 Å². The number of sulfonamides is 1. The summed E-state index contributed by atoms with van der Waals surface area (Å²) in [5.41, 5.74) is -0.553. The van der Waals surface area contributed by atoms with Gasteiger partial charge < -0.3 is 0 Å². The zero-order valence-electron chi connectivity index (χ0n) is 14.3. The molecule has 0 atom stereocenters. The average Bonchev–Trinajstić information content (AvgIpc) is 2.99. The molecule has 0 spiro atoms. The Morgan fingerprint density at radius 2 is 1.72 bits per heavy atom. The number of halogens is 5. The van der Waals surface area contributed by atoms with Crippen molar-refractivity contribution in [3.8, 4) is 5.69 Å². The van der Waals surface area contributed by atoms with Gasteiger partial charge in [-0.2, -0.15) is 0 Å². The summed E-state index contributed by atoms with van der Waals surface area (Å²) >= 11 is 17.5. The van der Waals surface area contributed by atoms with Crippen LogP contribution < -0.4 is 4.72 Å². The van der Waals surface area contributed by atoms with Crippen LogP contribution in [0.3, 0.4) is 0 Å². The molecule has 0 aliphatic heterocycles. The van der Waals surface area contributed by atoms with Crippen molar-refractivity contribution in [2.45, 2.75) is 11.8 Å². The van der Waals surface area contributed by atoms with Crippen molar-refractivity contribution >= 4 is 50.7 Å². The van der Waals surface area contributed by atoms with Crippen molar-refractivity contribution in [1.82, 2.24) is 19.7 Å². The fourth-order valence-corrected chi connectivity index (χ4v) is 4.31. The van der Waals surface area contributed by atoms with Gasteiger partial charge in [-0.1, -0.05) is 40.0 Å². The molecule has 0 radical (unpaired) electrons. The number of hydrogen-bond donors (Lipinski definition) is 1. The Balaban J connectivity index is 1.94. The molecule has 29 heavy (non-hydrogen) atoms. The Kier molecular flexibility index (Phi) is 5.81. The average molecular weight is 482 g/mol. The fourth-order valence-electron chi connectivity index (χ4n) is 2.36. The molecular weight excluding hydrogens is 473 g/mol. The van der Waals surface area contributed by atoms with E-state index in [9.17, 15) is 22.0 Å². The quantitative estimate of drug-likeness (QED) is 0.570. The van der Waals surface area contributed by atoms with Crippen LogP contribution in [-0.4, -0.2) is 29.3 Å². The largest absolute Gasteiger partial charge is 0.287 e. The second kappa shape index (κ2) is 7.86. The third-order valence-electron chi connectivity index (χ3n) is 3.74. The third-order valence-corrected chi connectivity index (χ3v) is 6.26. The zero-order chi connectivity index (χ0) is 21.5. The van der Waals surface area contributed by atoms with Crippen LogP contribution in [0.5, 0.6) is 0 Å². The lowest BCUT2D eigenvalue weighted by molar-refractivity contribution is 0.0976. The van der Waals surface area contributed by atoms with Crippen molar-refractivity contribution in [2.75, 3.05) is 0 Å². The molecule has 0 saturated heterocycles. The molecule has 0 bridgehead atoms. The van der Waals surface area contributed by atoms with Crippen LogP contribution in [0, 0.1) is 18.6 Å². The van der Waals surface area contributed by atoms with E-state index in [0.29, 0.717) is 6.07 Å². The van der Waals surface area contributed by atoms with Gasteiger partial charge in [0.05, 0.1) is 20.8 Å². The van der Waals surface area contributed by atoms with Gasteiger partial charge in [-0.25, -0.2) is 26.6 Å². The van der Waals surface area contributed by atoms with Gasteiger partial charge in [0, 0.05) is 6.07 Å². The summed E-state index contributed by atoms with van der Waals surface area (Å²) in [4.78, 5) is 12.0. The van der Waals surface area contributed by atoms with Crippen LogP contribution in [-0.2, 0) is 10.0 Å². The van der Waals surface area contributed by atoms with Gasteiger partial charge in [0.25, 0.3) is 15.9 Å². The van der Waals surface area contributed by atoms with Gasteiger partial charge in [-0.05, 0) is 31.2 Å². The molecule has 1 amide bonds. The first-order valence-corrected chi connectivity index (χ1v) is 10.2. The molecule has 0 aliphatic rings. The van der Waals surface area contributed by atoms with Crippen LogP contribution >= 0.6 is 34.8 Å². The number of amides is 1. The minimum absolute atomic E-state index is 0.0171. The minimum Gasteiger partial charge on any atom is -0.266 e. The molecule has 1 N–H and O–H groups in total. The highest BCUT2D eigenvalue weighted by molar-refractivity contribution is 7.90. The molecule has 3 aromatic rings. The molecule has 13 heteroatoms. The van der Waals surface area contributed by atoms with E-state index < -0.39 is 38.2 Å². The number of carbonyl (C=O) groups excluding carboxylic acids is 1. The maximum atomic E-state index is 14.0. The van der Waals surface area contributed by atoms with Gasteiger partial charge in [0.2, 0.25) is 0 Å². The molecule has 1 aromatic heterocycles. The summed E-state index contributed by atoms with van der Waals surface area (Å²) in [6.45, 7) is 1.36. The standard InChI is InChI=1S/C16H9Cl3F2N4O3S/c1-7-15(22-24-25(7)13-3-2-8(20)4-12(13)21)16(26)23-29(27,28)14-6-10(18)9(17)5-11(14)19/h2-6H,1H3,(H,23,26). The molecule has 152 valence electrons. The molecule has 0 fully saturated rings. The topological polar surface area (TPSA) is 93.9 Å². The first kappa shape index (κ1) is 21.4. The van der Waals surface area contributed by atoms with E-state index in [4.69, 9.17) is 34.8 Å². The van der Waals surface area contributed by atoms with E-state index in [2.05, 4.69) is 10.3 Å². The number of nitrogens with one attached hydrogen (secondary N) is 1. The number of rotatable bonds is 4. The Morgan fingerprint density at radius 1 is 1.07 bits per heavy atom. The van der Waals surface area contributed by atoms with E-state index in [1.165, 1.54) is 6.92 Å². The van der Waals surface area contributed by atoms with Crippen molar-refractivity contribution in [1.29, 1.82) is 0 Å². The van der Waals surface area contributed by atoms with Crippen molar-refractivity contribution in [3.05, 3.63) is 68.4 Å². The SMILES string of the molecule is Cc1c(C(=O)NS(=O)(=O)c2cc(Cl)c(Cl)cc2Cl)nnn1-c1ccc(F)cc1F. The summed E-state index contributed by atoms with van der Waals surface area (Å²) in [6.07, 6.45) is 0. The lowest BCUT2D eigenvalue weighted by Crippen LogP contribution is -2.31. The van der Waals surface area contributed by atoms with E-state index in [-0.39, 0.29) is 26.4 Å². The molecule has 7 nitrogen and oxygen atoms in total. The normalized spacial score (nSPS) is 11.5. The highest BCUT2D eigenvalue weighted by Crippen LogP contribution is 2.31. The molecular formula is C16H9Cl3F2N4O3S. The van der Waals surface area contributed by atoms with Crippen LogP contribution in [0.4, 0.5) is 8.78 Å². The number of benzene rings is 2. The van der Waals surface area contributed by atoms with Crippen LogP contribution in [0.2, 0.25) is 15.1 Å². The van der Waals surface area contributed by atoms with Gasteiger partial charge in [0.15, 0.2) is 11.5 Å². The van der Waals surface area contributed by atoms with Crippen molar-refractivity contribution < 1.29 is 22.0 Å². The Morgan fingerprint density at radius 3 is 2.38 bits per heavy atom. The second-order valence-electron chi connectivity index (χ2n) is 5.66. The number of carbonyl (C=O) groups is 1. The summed E-state index contributed by atoms with van der Waals surface area (Å²) < 4.78 is 54.8. The number of aromatic nitrogens is 3. The molecule has 0 unspecified atom stereocenters. The highest BCUT2D eigenvalue weighted by Gasteiger charge is 2.26. The minimum atomic E-state index is -4.44. The molecule has 0 aliphatic carbocycles. The maximum Gasteiger partial charge on any atom is 0.287 e. The third kappa shape index (κ3) is 4.20. The highest BCUT2D eigenvalue weighted by atomic mass is 35.5. The molecule has 0 saturated carbocycles. The second-order valence-corrected chi connectivity index (χ2v) is 8.53. The summed E-state index contributed by atoms with van der Waals surface area (Å²) in [5, 5.41) is 6.90. The predicted octanol–water partition coefficient (Wildman–Crippen LogP) is 3.93. The van der Waals surface area contributed by atoms with Crippen LogP contribution in [0.1, 0.15) is 16.2 Å². The zero-order valence-corrected chi connectivity index (χ0v) is 17.3. The van der Waals surface area contributed by atoms with Gasteiger partial charge in [0.1, 0.15) is 16.4 Å². The number of hydrogen-bond acceptors (Lipinski definition) is 5. The first-order chi connectivity index (χ1) is 13.5. The summed E-state index contributed by atoms with van der Waals surface area (Å²) in [7, 11) is -4.44. The smallest absolute Gasteiger partial charge is 0.266 e. The summed E-state index contributed by atoms with van der Waals surface area (Å²) in [5.74, 6) is -2.88. The lowest BCUT2D eigenvalue weighted by Gasteiger charge is -2.09. The van der Waals surface area contributed by atoms with E-state index in [1.807, 2.05) is 0 Å². The van der Waals surface area contributed by atoms with E-state index in [0.717, 1.165) is 28.9 Å². The molecule has 2 aromatic carbocycles. The molecule has 3 rings (SSSR count). The molecule has 1 heterocycles. The first-order valence-electron chi connectivity index (χ1n) is 7.60. The van der Waals surface area contributed by atoms with E-state index in [1.54, 1.807) is 4.72 Å². The lowest BCUT2D eigenvalue weighted by atomic mass is 10.2. The fraction of sp³-hybridized carbons (Fsp3) is 0.0625.